The first kappa shape index (κ1) is 18.5. The molecular formula is C20H27N7O. The number of anilines is 4. The molecule has 1 unspecified atom stereocenters. The predicted octanol–water partition coefficient (Wildman–Crippen LogP) is 3.35. The molecule has 0 radical (unpaired) electrons. The molecule has 1 saturated heterocycles. The first-order valence-corrected chi connectivity index (χ1v) is 10.1. The van der Waals surface area contributed by atoms with E-state index in [1.165, 1.54) is 12.8 Å². The summed E-state index contributed by atoms with van der Waals surface area (Å²) in [4.78, 5) is 30.1. The monoisotopic (exact) mass is 381 g/mol. The van der Waals surface area contributed by atoms with Crippen LogP contribution in [0.1, 0.15) is 32.6 Å². The number of amides is 2. The van der Waals surface area contributed by atoms with Crippen molar-refractivity contribution < 1.29 is 4.79 Å². The van der Waals surface area contributed by atoms with Crippen LogP contribution < -0.4 is 20.4 Å². The molecule has 2 amide bonds. The maximum atomic E-state index is 13.0. The lowest BCUT2D eigenvalue weighted by molar-refractivity contribution is 0.256. The Morgan fingerprint density at radius 3 is 2.86 bits per heavy atom. The molecular weight excluding hydrogens is 354 g/mol. The number of nitrogens with one attached hydrogen (secondary N) is 2. The summed E-state index contributed by atoms with van der Waals surface area (Å²) >= 11 is 0. The van der Waals surface area contributed by atoms with Crippen LogP contribution in [0.4, 0.5) is 28.1 Å². The second-order valence-electron chi connectivity index (χ2n) is 7.52. The summed E-state index contributed by atoms with van der Waals surface area (Å²) in [6, 6.07) is 5.56. The third-order valence-electron chi connectivity index (χ3n) is 5.25. The lowest BCUT2D eigenvalue weighted by Gasteiger charge is -2.33. The molecule has 2 aliphatic heterocycles. The van der Waals surface area contributed by atoms with Gasteiger partial charge in [0.2, 0.25) is 5.95 Å². The van der Waals surface area contributed by atoms with Gasteiger partial charge in [-0.3, -0.25) is 10.2 Å². The van der Waals surface area contributed by atoms with Crippen LogP contribution >= 0.6 is 0 Å². The molecule has 8 nitrogen and oxygen atoms in total. The molecule has 2 aromatic heterocycles. The minimum atomic E-state index is -0.257. The van der Waals surface area contributed by atoms with E-state index >= 15 is 0 Å². The minimum absolute atomic E-state index is 0.257. The topological polar surface area (TPSA) is 86.3 Å². The number of aromatic nitrogens is 3. The van der Waals surface area contributed by atoms with Crippen LogP contribution in [0.25, 0.3) is 0 Å². The molecule has 1 fully saturated rings. The van der Waals surface area contributed by atoms with Gasteiger partial charge in [0.1, 0.15) is 5.82 Å². The van der Waals surface area contributed by atoms with Crippen molar-refractivity contribution in [1.29, 1.82) is 0 Å². The van der Waals surface area contributed by atoms with Gasteiger partial charge in [0, 0.05) is 38.6 Å². The molecule has 8 heteroatoms. The second-order valence-corrected chi connectivity index (χ2v) is 7.52. The predicted molar refractivity (Wildman–Crippen MR) is 111 cm³/mol. The van der Waals surface area contributed by atoms with E-state index in [2.05, 4.69) is 38.5 Å². The van der Waals surface area contributed by atoms with Crippen molar-refractivity contribution in [2.45, 2.75) is 32.6 Å². The van der Waals surface area contributed by atoms with Gasteiger partial charge >= 0.3 is 6.03 Å². The smallest absolute Gasteiger partial charge is 0.329 e. The van der Waals surface area contributed by atoms with E-state index in [1.807, 2.05) is 6.07 Å². The van der Waals surface area contributed by atoms with Crippen molar-refractivity contribution in [3.63, 3.8) is 0 Å². The van der Waals surface area contributed by atoms with E-state index in [9.17, 15) is 4.79 Å². The fourth-order valence-corrected chi connectivity index (χ4v) is 3.80. The van der Waals surface area contributed by atoms with Crippen LogP contribution in [0.5, 0.6) is 0 Å². The highest BCUT2D eigenvalue weighted by Gasteiger charge is 2.25. The standard InChI is InChI=1S/C20H27N7O/c1-15-6-4-12-26(14-15)17-8-7-16-18(24-17)27(13-3-2-9-21-16)20(28)25-19-22-10-5-11-23-19/h5,7-8,10-11,15,21H,2-4,6,9,12-14H2,1H3,(H,22,23,25,28). The molecule has 2 aliphatic rings. The summed E-state index contributed by atoms with van der Waals surface area (Å²) in [5.74, 6) is 2.56. The van der Waals surface area contributed by atoms with Crippen LogP contribution in [-0.2, 0) is 0 Å². The summed E-state index contributed by atoms with van der Waals surface area (Å²) in [7, 11) is 0. The average Bonchev–Trinajstić information content (AvgIpc) is 2.69. The SMILES string of the molecule is CC1CCCN(c2ccc3c(n2)N(C(=O)Nc2ncccn2)CCCCN3)C1. The zero-order valence-electron chi connectivity index (χ0n) is 16.3. The van der Waals surface area contributed by atoms with Gasteiger partial charge in [-0.1, -0.05) is 6.92 Å². The summed E-state index contributed by atoms with van der Waals surface area (Å²) < 4.78 is 0. The van der Waals surface area contributed by atoms with Crippen LogP contribution in [0.3, 0.4) is 0 Å². The van der Waals surface area contributed by atoms with Crippen molar-refractivity contribution in [2.75, 3.05) is 46.6 Å². The maximum Gasteiger partial charge on any atom is 0.329 e. The Balaban J connectivity index is 1.62. The fourth-order valence-electron chi connectivity index (χ4n) is 3.80. The number of piperidine rings is 1. The number of urea groups is 1. The molecule has 0 aliphatic carbocycles. The van der Waals surface area contributed by atoms with Crippen LogP contribution in [0.2, 0.25) is 0 Å². The molecule has 2 N–H and O–H groups in total. The third kappa shape index (κ3) is 4.16. The highest BCUT2D eigenvalue weighted by atomic mass is 16.2. The first-order chi connectivity index (χ1) is 13.7. The van der Waals surface area contributed by atoms with Gasteiger partial charge in [-0.25, -0.2) is 19.7 Å². The largest absolute Gasteiger partial charge is 0.382 e. The molecule has 0 aromatic carbocycles. The minimum Gasteiger partial charge on any atom is -0.382 e. The summed E-state index contributed by atoms with van der Waals surface area (Å²) in [5, 5.41) is 6.21. The Hall–Kier alpha value is -2.90. The molecule has 0 spiro atoms. The van der Waals surface area contributed by atoms with Crippen LogP contribution in [0.15, 0.2) is 30.6 Å². The lowest BCUT2D eigenvalue weighted by atomic mass is 10.0. The first-order valence-electron chi connectivity index (χ1n) is 10.1. The van der Waals surface area contributed by atoms with Crippen molar-refractivity contribution in [1.82, 2.24) is 15.0 Å². The molecule has 0 saturated carbocycles. The Morgan fingerprint density at radius 1 is 1.18 bits per heavy atom. The lowest BCUT2D eigenvalue weighted by Crippen LogP contribution is -2.39. The average molecular weight is 381 g/mol. The number of pyridine rings is 1. The molecule has 1 atom stereocenters. The number of hydrogen-bond acceptors (Lipinski definition) is 6. The van der Waals surface area contributed by atoms with Gasteiger partial charge in [0.25, 0.3) is 0 Å². The summed E-state index contributed by atoms with van der Waals surface area (Å²) in [5.41, 5.74) is 0.887. The number of rotatable bonds is 2. The zero-order chi connectivity index (χ0) is 19.3. The van der Waals surface area contributed by atoms with E-state index in [1.54, 1.807) is 23.4 Å². The molecule has 4 rings (SSSR count). The normalized spacial score (nSPS) is 19.8. The molecule has 28 heavy (non-hydrogen) atoms. The van der Waals surface area contributed by atoms with Gasteiger partial charge in [-0.2, -0.15) is 0 Å². The second kappa shape index (κ2) is 8.41. The number of nitrogens with zero attached hydrogens (tertiary/aromatic N) is 5. The third-order valence-corrected chi connectivity index (χ3v) is 5.25. The van der Waals surface area contributed by atoms with E-state index in [-0.39, 0.29) is 6.03 Å². The van der Waals surface area contributed by atoms with Crippen molar-refractivity contribution in [3.05, 3.63) is 30.6 Å². The maximum absolute atomic E-state index is 13.0. The van der Waals surface area contributed by atoms with Gasteiger partial charge in [0.05, 0.1) is 5.69 Å². The van der Waals surface area contributed by atoms with Crippen LogP contribution in [0, 0.1) is 5.92 Å². The number of fused-ring (bicyclic) bond motifs is 1. The Labute approximate surface area is 165 Å². The van der Waals surface area contributed by atoms with Gasteiger partial charge in [0.15, 0.2) is 5.82 Å². The van der Waals surface area contributed by atoms with Gasteiger partial charge < -0.3 is 10.2 Å². The van der Waals surface area contributed by atoms with Crippen molar-refractivity contribution >= 4 is 29.3 Å². The molecule has 148 valence electrons. The number of carbonyl (C=O) groups is 1. The Kier molecular flexibility index (Phi) is 5.55. The van der Waals surface area contributed by atoms with E-state index in [4.69, 9.17) is 4.98 Å². The summed E-state index contributed by atoms with van der Waals surface area (Å²) in [6.45, 7) is 5.78. The van der Waals surface area contributed by atoms with Gasteiger partial charge in [-0.15, -0.1) is 0 Å². The van der Waals surface area contributed by atoms with Gasteiger partial charge in [-0.05, 0) is 49.8 Å². The highest BCUT2D eigenvalue weighted by molar-refractivity contribution is 6.02. The number of hydrogen-bond donors (Lipinski definition) is 2. The van der Waals surface area contributed by atoms with E-state index in [0.29, 0.717) is 24.2 Å². The van der Waals surface area contributed by atoms with E-state index < -0.39 is 0 Å². The molecule has 0 bridgehead atoms. The highest BCUT2D eigenvalue weighted by Crippen LogP contribution is 2.31. The quantitative estimate of drug-likeness (QED) is 0.830. The Bertz CT molecular complexity index is 813. The number of carbonyl (C=O) groups excluding carboxylic acids is 1. The Morgan fingerprint density at radius 2 is 2.04 bits per heavy atom. The molecule has 2 aromatic rings. The zero-order valence-corrected chi connectivity index (χ0v) is 16.3. The van der Waals surface area contributed by atoms with Crippen LogP contribution in [-0.4, -0.2) is 47.2 Å². The van der Waals surface area contributed by atoms with E-state index in [0.717, 1.165) is 44.0 Å². The summed E-state index contributed by atoms with van der Waals surface area (Å²) in [6.07, 6.45) is 7.56. The molecule has 4 heterocycles. The van der Waals surface area contributed by atoms with Crippen molar-refractivity contribution in [3.8, 4) is 0 Å². The van der Waals surface area contributed by atoms with Crippen molar-refractivity contribution in [2.24, 2.45) is 5.92 Å². The fraction of sp³-hybridized carbons (Fsp3) is 0.500.